The third-order valence-corrected chi connectivity index (χ3v) is 6.94. The number of benzene rings is 1. The van der Waals surface area contributed by atoms with Gasteiger partial charge in [-0.2, -0.15) is 0 Å². The van der Waals surface area contributed by atoms with Gasteiger partial charge in [0.05, 0.1) is 6.54 Å². The van der Waals surface area contributed by atoms with E-state index in [0.717, 1.165) is 37.1 Å². The molecule has 2 fully saturated rings. The second-order valence-corrected chi connectivity index (χ2v) is 9.80. The first-order chi connectivity index (χ1) is 15.4. The molecule has 32 heavy (non-hydrogen) atoms. The van der Waals surface area contributed by atoms with Gasteiger partial charge in [0.25, 0.3) is 0 Å². The molecule has 4 rings (SSSR count). The van der Waals surface area contributed by atoms with Crippen LogP contribution in [0.15, 0.2) is 24.3 Å². The van der Waals surface area contributed by atoms with Crippen LogP contribution in [0, 0.1) is 5.92 Å². The third-order valence-electron chi connectivity index (χ3n) is 6.94. The molecule has 1 aromatic carbocycles. The molecule has 0 aliphatic carbocycles. The molecule has 0 N–H and O–H groups in total. The normalized spacial score (nSPS) is 21.7. The Labute approximate surface area is 191 Å². The first-order valence-corrected chi connectivity index (χ1v) is 12.1. The van der Waals surface area contributed by atoms with E-state index in [1.807, 2.05) is 35.8 Å². The zero-order valence-electron chi connectivity index (χ0n) is 19.5. The molecule has 7 heteroatoms. The summed E-state index contributed by atoms with van der Waals surface area (Å²) in [5, 5.41) is 0. The average molecular weight is 441 g/mol. The molecule has 0 saturated carbocycles. The van der Waals surface area contributed by atoms with Crippen molar-refractivity contribution in [3.8, 4) is 0 Å². The van der Waals surface area contributed by atoms with Crippen LogP contribution in [0.25, 0.3) is 0 Å². The van der Waals surface area contributed by atoms with Crippen molar-refractivity contribution in [3.05, 3.63) is 35.4 Å². The van der Waals surface area contributed by atoms with Gasteiger partial charge >= 0.3 is 0 Å². The minimum absolute atomic E-state index is 0.0436. The highest BCUT2D eigenvalue weighted by Gasteiger charge is 2.37. The summed E-state index contributed by atoms with van der Waals surface area (Å²) in [5.41, 5.74) is 2.30. The van der Waals surface area contributed by atoms with Crippen molar-refractivity contribution in [2.24, 2.45) is 5.92 Å². The number of likely N-dealkylation sites (tertiary alicyclic amines) is 1. The van der Waals surface area contributed by atoms with Crippen molar-refractivity contribution in [3.63, 3.8) is 0 Å². The predicted molar refractivity (Wildman–Crippen MR) is 123 cm³/mol. The van der Waals surface area contributed by atoms with Crippen molar-refractivity contribution in [2.45, 2.75) is 52.1 Å². The number of rotatable bonds is 5. The molecule has 0 spiro atoms. The molecule has 3 heterocycles. The lowest BCUT2D eigenvalue weighted by Crippen LogP contribution is -2.58. The van der Waals surface area contributed by atoms with E-state index in [-0.39, 0.29) is 23.6 Å². The SMILES string of the molecule is CC(C)CC(=O)N1Cc2ccccc2CC1C(=O)N1CCN(CC(=O)N2CCCC2)CC1. The van der Waals surface area contributed by atoms with Gasteiger partial charge in [-0.05, 0) is 29.9 Å². The molecule has 3 aliphatic rings. The summed E-state index contributed by atoms with van der Waals surface area (Å²) in [6.45, 7) is 9.39. The molecular formula is C25H36N4O3. The molecule has 174 valence electrons. The highest BCUT2D eigenvalue weighted by molar-refractivity contribution is 5.88. The van der Waals surface area contributed by atoms with Gasteiger partial charge in [-0.3, -0.25) is 19.3 Å². The quantitative estimate of drug-likeness (QED) is 0.700. The van der Waals surface area contributed by atoms with Crippen LogP contribution in [0.1, 0.15) is 44.2 Å². The molecular weight excluding hydrogens is 404 g/mol. The predicted octanol–water partition coefficient (Wildman–Crippen LogP) is 1.75. The Hall–Kier alpha value is -2.41. The van der Waals surface area contributed by atoms with Gasteiger partial charge in [-0.25, -0.2) is 0 Å². The molecule has 3 amide bonds. The van der Waals surface area contributed by atoms with E-state index in [0.29, 0.717) is 52.1 Å². The molecule has 2 saturated heterocycles. The van der Waals surface area contributed by atoms with E-state index in [4.69, 9.17) is 0 Å². The number of carbonyl (C=O) groups excluding carboxylic acids is 3. The minimum Gasteiger partial charge on any atom is -0.342 e. The number of hydrogen-bond acceptors (Lipinski definition) is 4. The lowest BCUT2D eigenvalue weighted by atomic mass is 9.92. The Balaban J connectivity index is 1.39. The van der Waals surface area contributed by atoms with Gasteiger partial charge in [-0.15, -0.1) is 0 Å². The maximum Gasteiger partial charge on any atom is 0.245 e. The summed E-state index contributed by atoms with van der Waals surface area (Å²) in [5.74, 6) is 0.563. The van der Waals surface area contributed by atoms with E-state index >= 15 is 0 Å². The molecule has 1 unspecified atom stereocenters. The van der Waals surface area contributed by atoms with Crippen molar-refractivity contribution in [2.75, 3.05) is 45.8 Å². The second-order valence-electron chi connectivity index (χ2n) is 9.80. The lowest BCUT2D eigenvalue weighted by molar-refractivity contribution is -0.148. The highest BCUT2D eigenvalue weighted by Crippen LogP contribution is 2.26. The molecule has 0 aromatic heterocycles. The Kier molecular flexibility index (Phi) is 7.13. The van der Waals surface area contributed by atoms with Crippen molar-refractivity contribution < 1.29 is 14.4 Å². The van der Waals surface area contributed by atoms with Gasteiger partial charge in [0.1, 0.15) is 6.04 Å². The van der Waals surface area contributed by atoms with Crippen LogP contribution in [0.2, 0.25) is 0 Å². The third kappa shape index (κ3) is 5.14. The molecule has 1 atom stereocenters. The standard InChI is InChI=1S/C25H36N4O3/c1-19(2)15-23(30)29-17-21-8-4-3-7-20(21)16-22(29)25(32)28-13-11-26(12-14-28)18-24(31)27-9-5-6-10-27/h3-4,7-8,19,22H,5-6,9-18H2,1-2H3. The molecule has 1 aromatic rings. The molecule has 7 nitrogen and oxygen atoms in total. The van der Waals surface area contributed by atoms with Crippen LogP contribution in [0.4, 0.5) is 0 Å². The summed E-state index contributed by atoms with van der Waals surface area (Å²) < 4.78 is 0. The number of nitrogens with zero attached hydrogens (tertiary/aromatic N) is 4. The second kappa shape index (κ2) is 10.0. The zero-order chi connectivity index (χ0) is 22.7. The van der Waals surface area contributed by atoms with E-state index in [9.17, 15) is 14.4 Å². The van der Waals surface area contributed by atoms with Crippen LogP contribution in [-0.4, -0.2) is 89.2 Å². The van der Waals surface area contributed by atoms with Crippen molar-refractivity contribution in [1.82, 2.24) is 19.6 Å². The maximum absolute atomic E-state index is 13.5. The number of carbonyl (C=O) groups is 3. The van der Waals surface area contributed by atoms with Gasteiger partial charge in [-0.1, -0.05) is 38.1 Å². The summed E-state index contributed by atoms with van der Waals surface area (Å²) >= 11 is 0. The Bertz CT molecular complexity index is 841. The fraction of sp³-hybridized carbons (Fsp3) is 0.640. The summed E-state index contributed by atoms with van der Waals surface area (Å²) in [7, 11) is 0. The maximum atomic E-state index is 13.5. The highest BCUT2D eigenvalue weighted by atomic mass is 16.2. The summed E-state index contributed by atoms with van der Waals surface area (Å²) in [6.07, 6.45) is 3.24. The monoisotopic (exact) mass is 440 g/mol. The molecule has 3 aliphatic heterocycles. The largest absolute Gasteiger partial charge is 0.342 e. The van der Waals surface area contributed by atoms with E-state index in [1.54, 1.807) is 4.90 Å². The fourth-order valence-electron chi connectivity index (χ4n) is 5.07. The molecule has 0 bridgehead atoms. The number of hydrogen-bond donors (Lipinski definition) is 0. The summed E-state index contributed by atoms with van der Waals surface area (Å²) in [4.78, 5) is 46.8. The van der Waals surface area contributed by atoms with E-state index in [2.05, 4.69) is 17.0 Å². The first kappa shape index (κ1) is 22.8. The first-order valence-electron chi connectivity index (χ1n) is 12.1. The summed E-state index contributed by atoms with van der Waals surface area (Å²) in [6, 6.07) is 7.69. The van der Waals surface area contributed by atoms with Crippen molar-refractivity contribution >= 4 is 17.7 Å². The fourth-order valence-corrected chi connectivity index (χ4v) is 5.07. The minimum atomic E-state index is -0.436. The average Bonchev–Trinajstić information content (AvgIpc) is 3.33. The van der Waals surface area contributed by atoms with Crippen LogP contribution in [-0.2, 0) is 27.3 Å². The van der Waals surface area contributed by atoms with E-state index in [1.165, 1.54) is 0 Å². The lowest BCUT2D eigenvalue weighted by Gasteiger charge is -2.41. The van der Waals surface area contributed by atoms with Gasteiger partial charge in [0, 0.05) is 58.7 Å². The van der Waals surface area contributed by atoms with Crippen molar-refractivity contribution in [1.29, 1.82) is 0 Å². The number of piperazine rings is 1. The van der Waals surface area contributed by atoms with Gasteiger partial charge < -0.3 is 14.7 Å². The smallest absolute Gasteiger partial charge is 0.245 e. The van der Waals surface area contributed by atoms with Crippen LogP contribution >= 0.6 is 0 Å². The van der Waals surface area contributed by atoms with Crippen LogP contribution in [0.3, 0.4) is 0 Å². The number of amides is 3. The molecule has 0 radical (unpaired) electrons. The van der Waals surface area contributed by atoms with Crippen LogP contribution in [0.5, 0.6) is 0 Å². The topological polar surface area (TPSA) is 64.2 Å². The number of fused-ring (bicyclic) bond motifs is 1. The van der Waals surface area contributed by atoms with Gasteiger partial charge in [0.15, 0.2) is 0 Å². The van der Waals surface area contributed by atoms with Crippen LogP contribution < -0.4 is 0 Å². The Morgan fingerprint density at radius 2 is 1.53 bits per heavy atom. The zero-order valence-corrected chi connectivity index (χ0v) is 19.5. The Morgan fingerprint density at radius 1 is 0.875 bits per heavy atom. The van der Waals surface area contributed by atoms with Gasteiger partial charge in [0.2, 0.25) is 17.7 Å². The van der Waals surface area contributed by atoms with E-state index < -0.39 is 6.04 Å². The Morgan fingerprint density at radius 3 is 2.19 bits per heavy atom.